The van der Waals surface area contributed by atoms with E-state index in [9.17, 15) is 0 Å². The minimum atomic E-state index is -0.805. The smallest absolute Gasteiger partial charge is 0.0987 e. The number of aliphatic hydroxyl groups excluding tert-OH is 2. The molecule has 0 heterocycles. The zero-order valence-corrected chi connectivity index (χ0v) is 5.33. The first kappa shape index (κ1) is 8.22. The molecule has 0 fully saturated rings. The van der Waals surface area contributed by atoms with E-state index in [1.165, 1.54) is 6.08 Å². The summed E-state index contributed by atoms with van der Waals surface area (Å²) in [6, 6.07) is 0. The molecule has 0 unspecified atom stereocenters. The van der Waals surface area contributed by atoms with Gasteiger partial charge in [0.05, 0.1) is 12.7 Å². The third-order valence-corrected chi connectivity index (χ3v) is 1.01. The number of rotatable bonds is 2. The molecule has 0 saturated heterocycles. The Labute approximate surface area is 54.8 Å². The van der Waals surface area contributed by atoms with E-state index < -0.39 is 6.10 Å². The summed E-state index contributed by atoms with van der Waals surface area (Å²) >= 11 is 0. The van der Waals surface area contributed by atoms with E-state index in [1.807, 2.05) is 0 Å². The Balaban J connectivity index is 3.89. The van der Waals surface area contributed by atoms with Crippen molar-refractivity contribution in [2.75, 3.05) is 6.61 Å². The highest BCUT2D eigenvalue weighted by atomic mass is 16.3. The summed E-state index contributed by atoms with van der Waals surface area (Å²) in [6.07, 6.45) is 5.53. The molecule has 0 amide bonds. The molecule has 0 aliphatic carbocycles. The van der Waals surface area contributed by atoms with Gasteiger partial charge < -0.3 is 10.2 Å². The predicted molar refractivity (Wildman–Crippen MR) is 35.7 cm³/mol. The van der Waals surface area contributed by atoms with Gasteiger partial charge in [-0.1, -0.05) is 5.92 Å². The highest BCUT2D eigenvalue weighted by molar-refractivity contribution is 5.18. The molecule has 0 aromatic carbocycles. The molecule has 0 bridgehead atoms. The van der Waals surface area contributed by atoms with Gasteiger partial charge >= 0.3 is 0 Å². The normalized spacial score (nSPS) is 14.7. The van der Waals surface area contributed by atoms with Crippen LogP contribution in [-0.4, -0.2) is 22.9 Å². The van der Waals surface area contributed by atoms with Gasteiger partial charge in [0.2, 0.25) is 0 Å². The van der Waals surface area contributed by atoms with Crippen molar-refractivity contribution in [2.45, 2.75) is 13.0 Å². The molecular weight excluding hydrogens is 116 g/mol. The van der Waals surface area contributed by atoms with Crippen LogP contribution in [0, 0.1) is 12.3 Å². The van der Waals surface area contributed by atoms with Gasteiger partial charge in [0.15, 0.2) is 0 Å². The SMILES string of the molecule is C#C/C=C(\C)[C@@H](O)CO. The van der Waals surface area contributed by atoms with Gasteiger partial charge in [-0.2, -0.15) is 0 Å². The molecule has 0 saturated carbocycles. The van der Waals surface area contributed by atoms with Crippen LogP contribution in [0.15, 0.2) is 11.6 Å². The summed E-state index contributed by atoms with van der Waals surface area (Å²) in [5.41, 5.74) is 0.611. The lowest BCUT2D eigenvalue weighted by Crippen LogP contribution is -2.12. The second-order valence-electron chi connectivity index (χ2n) is 1.75. The zero-order chi connectivity index (χ0) is 7.28. The maximum absolute atomic E-state index is 8.84. The molecular formula is C7H10O2. The molecule has 0 aromatic heterocycles. The fourth-order valence-corrected chi connectivity index (χ4v) is 0.372. The quantitative estimate of drug-likeness (QED) is 0.508. The summed E-state index contributed by atoms with van der Waals surface area (Å²) in [4.78, 5) is 0. The minimum absolute atomic E-state index is 0.274. The molecule has 9 heavy (non-hydrogen) atoms. The van der Waals surface area contributed by atoms with Crippen LogP contribution in [0.4, 0.5) is 0 Å². The van der Waals surface area contributed by atoms with E-state index in [0.29, 0.717) is 5.57 Å². The highest BCUT2D eigenvalue weighted by Gasteiger charge is 2.01. The average Bonchev–Trinajstić information content (AvgIpc) is 1.87. The van der Waals surface area contributed by atoms with Gasteiger partial charge in [-0.15, -0.1) is 6.42 Å². The number of allylic oxidation sites excluding steroid dienone is 1. The van der Waals surface area contributed by atoms with E-state index in [1.54, 1.807) is 6.92 Å². The standard InChI is InChI=1S/C7H10O2/c1-3-4-6(2)7(9)5-8/h1,4,7-9H,5H2,2H3/b6-4+/t7-/m0/s1. The Bertz CT molecular complexity index is 141. The van der Waals surface area contributed by atoms with Crippen LogP contribution in [-0.2, 0) is 0 Å². The minimum Gasteiger partial charge on any atom is -0.393 e. The number of terminal acetylenes is 1. The maximum atomic E-state index is 8.84. The molecule has 0 rings (SSSR count). The summed E-state index contributed by atoms with van der Waals surface area (Å²) in [5, 5.41) is 17.2. The second-order valence-corrected chi connectivity index (χ2v) is 1.75. The number of hydrogen-bond donors (Lipinski definition) is 2. The van der Waals surface area contributed by atoms with Crippen LogP contribution in [0.1, 0.15) is 6.92 Å². The fourth-order valence-electron chi connectivity index (χ4n) is 0.372. The van der Waals surface area contributed by atoms with Crippen LogP contribution in [0.2, 0.25) is 0 Å². The van der Waals surface area contributed by atoms with Gasteiger partial charge in [0, 0.05) is 0 Å². The van der Waals surface area contributed by atoms with Gasteiger partial charge in [-0.05, 0) is 18.6 Å². The molecule has 0 aromatic rings. The van der Waals surface area contributed by atoms with E-state index >= 15 is 0 Å². The summed E-state index contributed by atoms with van der Waals surface area (Å²) in [7, 11) is 0. The predicted octanol–water partition coefficient (Wildman–Crippen LogP) is -0.0809. The lowest BCUT2D eigenvalue weighted by Gasteiger charge is -2.04. The third-order valence-electron chi connectivity index (χ3n) is 1.01. The highest BCUT2D eigenvalue weighted by Crippen LogP contribution is 1.97. The van der Waals surface area contributed by atoms with E-state index in [0.717, 1.165) is 0 Å². The molecule has 0 aliphatic rings. The van der Waals surface area contributed by atoms with Crippen molar-refractivity contribution in [2.24, 2.45) is 0 Å². The van der Waals surface area contributed by atoms with Crippen LogP contribution < -0.4 is 0 Å². The van der Waals surface area contributed by atoms with Gasteiger partial charge in [-0.3, -0.25) is 0 Å². The number of hydrogen-bond acceptors (Lipinski definition) is 2. The average molecular weight is 126 g/mol. The van der Waals surface area contributed by atoms with Crippen molar-refractivity contribution in [1.82, 2.24) is 0 Å². The van der Waals surface area contributed by atoms with Crippen molar-refractivity contribution >= 4 is 0 Å². The Morgan fingerprint density at radius 2 is 2.44 bits per heavy atom. The van der Waals surface area contributed by atoms with Crippen molar-refractivity contribution in [3.8, 4) is 12.3 Å². The molecule has 0 spiro atoms. The zero-order valence-electron chi connectivity index (χ0n) is 5.33. The van der Waals surface area contributed by atoms with Crippen LogP contribution in [0.25, 0.3) is 0 Å². The molecule has 0 aliphatic heterocycles. The lowest BCUT2D eigenvalue weighted by molar-refractivity contribution is 0.122. The van der Waals surface area contributed by atoms with E-state index in [4.69, 9.17) is 16.6 Å². The Kier molecular flexibility index (Phi) is 3.78. The van der Waals surface area contributed by atoms with Crippen molar-refractivity contribution in [3.63, 3.8) is 0 Å². The van der Waals surface area contributed by atoms with Crippen LogP contribution in [0.5, 0.6) is 0 Å². The third kappa shape index (κ3) is 2.91. The van der Waals surface area contributed by atoms with Crippen LogP contribution >= 0.6 is 0 Å². The molecule has 2 nitrogen and oxygen atoms in total. The fraction of sp³-hybridized carbons (Fsp3) is 0.429. The van der Waals surface area contributed by atoms with Gasteiger partial charge in [0.25, 0.3) is 0 Å². The molecule has 1 atom stereocenters. The van der Waals surface area contributed by atoms with Gasteiger partial charge in [-0.25, -0.2) is 0 Å². The first-order chi connectivity index (χ1) is 4.22. The second kappa shape index (κ2) is 4.13. The molecule has 50 valence electrons. The van der Waals surface area contributed by atoms with Crippen molar-refractivity contribution < 1.29 is 10.2 Å². The maximum Gasteiger partial charge on any atom is 0.0987 e. The molecule has 0 radical (unpaired) electrons. The number of aliphatic hydroxyl groups is 2. The molecule has 2 heteroatoms. The summed E-state index contributed by atoms with van der Waals surface area (Å²) in [5.74, 6) is 2.25. The lowest BCUT2D eigenvalue weighted by atomic mass is 10.2. The van der Waals surface area contributed by atoms with Crippen LogP contribution in [0.3, 0.4) is 0 Å². The first-order valence-electron chi connectivity index (χ1n) is 2.64. The summed E-state index contributed by atoms with van der Waals surface area (Å²) < 4.78 is 0. The Morgan fingerprint density at radius 1 is 1.89 bits per heavy atom. The molecule has 2 N–H and O–H groups in total. The van der Waals surface area contributed by atoms with Gasteiger partial charge in [0.1, 0.15) is 0 Å². The van der Waals surface area contributed by atoms with Crippen molar-refractivity contribution in [3.05, 3.63) is 11.6 Å². The Morgan fingerprint density at radius 3 is 2.78 bits per heavy atom. The topological polar surface area (TPSA) is 40.5 Å². The van der Waals surface area contributed by atoms with E-state index in [2.05, 4.69) is 5.92 Å². The van der Waals surface area contributed by atoms with Crippen molar-refractivity contribution in [1.29, 1.82) is 0 Å². The summed E-state index contributed by atoms with van der Waals surface area (Å²) in [6.45, 7) is 1.39. The van der Waals surface area contributed by atoms with E-state index in [-0.39, 0.29) is 6.61 Å². The Hall–Kier alpha value is -0.780. The monoisotopic (exact) mass is 126 g/mol. The largest absolute Gasteiger partial charge is 0.393 e. The first-order valence-corrected chi connectivity index (χ1v) is 2.64.